The molecule has 2 heterocycles. The lowest BCUT2D eigenvalue weighted by molar-refractivity contribution is 0.0733. The fourth-order valence-electron chi connectivity index (χ4n) is 4.87. The fraction of sp³-hybridized carbons (Fsp3) is 0.556. The van der Waals surface area contributed by atoms with E-state index in [1.165, 1.54) is 23.5 Å². The molecule has 1 aliphatic carbocycles. The quantitative estimate of drug-likeness (QED) is 0.595. The highest BCUT2D eigenvalue weighted by Gasteiger charge is 2.38. The van der Waals surface area contributed by atoms with Crippen molar-refractivity contribution in [3.05, 3.63) is 48.0 Å². The van der Waals surface area contributed by atoms with Gasteiger partial charge in [0, 0.05) is 61.0 Å². The van der Waals surface area contributed by atoms with Crippen LogP contribution in [0.4, 0.5) is 0 Å². The Hall–Kier alpha value is -2.51. The van der Waals surface area contributed by atoms with Gasteiger partial charge in [0.1, 0.15) is 23.1 Å². The number of hydrogen-bond acceptors (Lipinski definition) is 7. The van der Waals surface area contributed by atoms with Crippen molar-refractivity contribution in [3.63, 3.8) is 0 Å². The van der Waals surface area contributed by atoms with Crippen LogP contribution in [-0.4, -0.2) is 71.6 Å². The van der Waals surface area contributed by atoms with Crippen molar-refractivity contribution in [3.8, 4) is 17.6 Å². The minimum Gasteiger partial charge on any atom is -0.487 e. The molecule has 1 aromatic carbocycles. The van der Waals surface area contributed by atoms with Crippen molar-refractivity contribution < 1.29 is 18.3 Å². The van der Waals surface area contributed by atoms with E-state index in [0.29, 0.717) is 24.8 Å². The average Bonchev–Trinajstić information content (AvgIpc) is 3.39. The summed E-state index contributed by atoms with van der Waals surface area (Å²) >= 11 is 0. The molecule has 0 radical (unpaired) electrons. The highest BCUT2D eigenvalue weighted by atomic mass is 32.2. The Morgan fingerprint density at radius 3 is 2.67 bits per heavy atom. The van der Waals surface area contributed by atoms with Gasteiger partial charge in [-0.15, -0.1) is 0 Å². The van der Waals surface area contributed by atoms with Gasteiger partial charge in [0.2, 0.25) is 10.0 Å². The zero-order valence-corrected chi connectivity index (χ0v) is 22.1. The van der Waals surface area contributed by atoms with E-state index in [-0.39, 0.29) is 30.1 Å². The first-order valence-corrected chi connectivity index (χ1v) is 14.1. The van der Waals surface area contributed by atoms with Crippen LogP contribution in [0.2, 0.25) is 0 Å². The average molecular weight is 513 g/mol. The lowest BCUT2D eigenvalue weighted by Crippen LogP contribution is -2.49. The summed E-state index contributed by atoms with van der Waals surface area (Å²) in [6, 6.07) is 4.56. The third-order valence-electron chi connectivity index (χ3n) is 7.00. The zero-order valence-electron chi connectivity index (χ0n) is 21.3. The lowest BCUT2D eigenvalue weighted by Gasteiger charge is -2.37. The monoisotopic (exact) mass is 512 g/mol. The Morgan fingerprint density at radius 2 is 1.97 bits per heavy atom. The van der Waals surface area contributed by atoms with Crippen LogP contribution in [0.25, 0.3) is 0 Å². The molecule has 1 saturated carbocycles. The van der Waals surface area contributed by atoms with Crippen LogP contribution in [0.15, 0.2) is 41.8 Å². The van der Waals surface area contributed by atoms with E-state index in [1.54, 1.807) is 37.5 Å². The lowest BCUT2D eigenvalue weighted by atomic mass is 10.0. The van der Waals surface area contributed by atoms with Crippen molar-refractivity contribution in [1.29, 1.82) is 0 Å². The van der Waals surface area contributed by atoms with Gasteiger partial charge in [0.05, 0.1) is 6.61 Å². The second-order valence-corrected chi connectivity index (χ2v) is 12.0. The molecule has 0 amide bonds. The van der Waals surface area contributed by atoms with E-state index in [2.05, 4.69) is 26.7 Å². The van der Waals surface area contributed by atoms with Crippen molar-refractivity contribution in [2.75, 3.05) is 26.7 Å². The summed E-state index contributed by atoms with van der Waals surface area (Å²) in [5, 5.41) is 9.83. The standard InChI is InChI=1S/C27H36N4O4S/c1-20-15-31(21(2)18-32)36(33,34)27-11-10-23(9-8-22-6-4-5-7-22)12-25(27)35-26(20)17-30(3)16-24-13-28-19-29-14-24/h10-14,19-22,26,32H,4-7,15-18H2,1-3H3/t20-,21-,26+/m0/s1. The van der Waals surface area contributed by atoms with E-state index < -0.39 is 16.1 Å². The molecule has 1 aliphatic heterocycles. The van der Waals surface area contributed by atoms with Crippen molar-refractivity contribution in [2.24, 2.45) is 11.8 Å². The van der Waals surface area contributed by atoms with Crippen molar-refractivity contribution in [2.45, 2.75) is 63.1 Å². The first-order chi connectivity index (χ1) is 17.3. The van der Waals surface area contributed by atoms with Crippen LogP contribution in [-0.2, 0) is 16.6 Å². The maximum atomic E-state index is 13.6. The van der Waals surface area contributed by atoms with Crippen LogP contribution < -0.4 is 4.74 Å². The van der Waals surface area contributed by atoms with Gasteiger partial charge >= 0.3 is 0 Å². The molecule has 2 aliphatic rings. The van der Waals surface area contributed by atoms with Crippen LogP contribution >= 0.6 is 0 Å². The van der Waals surface area contributed by atoms with Crippen LogP contribution in [0.1, 0.15) is 50.7 Å². The number of aliphatic hydroxyl groups excluding tert-OH is 1. The molecule has 0 unspecified atom stereocenters. The van der Waals surface area contributed by atoms with Crippen LogP contribution in [0.5, 0.6) is 5.75 Å². The highest BCUT2D eigenvalue weighted by Crippen LogP contribution is 2.34. The van der Waals surface area contributed by atoms with Gasteiger partial charge in [-0.25, -0.2) is 18.4 Å². The summed E-state index contributed by atoms with van der Waals surface area (Å²) in [6.07, 6.45) is 9.47. The molecule has 0 spiro atoms. The molecule has 9 heteroatoms. The minimum absolute atomic E-state index is 0.116. The van der Waals surface area contributed by atoms with Gasteiger partial charge in [0.15, 0.2) is 0 Å². The molecule has 194 valence electrons. The van der Waals surface area contributed by atoms with E-state index >= 15 is 0 Å². The molecule has 8 nitrogen and oxygen atoms in total. The highest BCUT2D eigenvalue weighted by molar-refractivity contribution is 7.89. The molecule has 2 aromatic rings. The second kappa shape index (κ2) is 11.7. The molecule has 0 bridgehead atoms. The molecule has 1 N–H and O–H groups in total. The molecular weight excluding hydrogens is 476 g/mol. The van der Waals surface area contributed by atoms with Gasteiger partial charge in [-0.05, 0) is 45.0 Å². The Kier molecular flexibility index (Phi) is 8.62. The third kappa shape index (κ3) is 6.24. The fourth-order valence-corrected chi connectivity index (χ4v) is 6.70. The molecular formula is C27H36N4O4S. The number of rotatable bonds is 6. The Morgan fingerprint density at radius 1 is 1.25 bits per heavy atom. The summed E-state index contributed by atoms with van der Waals surface area (Å²) in [7, 11) is -1.87. The molecule has 1 aromatic heterocycles. The summed E-state index contributed by atoms with van der Waals surface area (Å²) in [5.74, 6) is 7.19. The van der Waals surface area contributed by atoms with Gasteiger partial charge < -0.3 is 9.84 Å². The van der Waals surface area contributed by atoms with Crippen molar-refractivity contribution >= 4 is 10.0 Å². The van der Waals surface area contributed by atoms with Crippen LogP contribution in [0, 0.1) is 23.7 Å². The predicted molar refractivity (Wildman–Crippen MR) is 138 cm³/mol. The third-order valence-corrected chi connectivity index (χ3v) is 9.02. The molecule has 1 fully saturated rings. The summed E-state index contributed by atoms with van der Waals surface area (Å²) in [6.45, 7) is 4.93. The van der Waals surface area contributed by atoms with E-state index in [4.69, 9.17) is 4.74 Å². The Balaban J connectivity index is 1.66. The number of aromatic nitrogens is 2. The summed E-state index contributed by atoms with van der Waals surface area (Å²) in [5.41, 5.74) is 1.74. The topological polar surface area (TPSA) is 95.9 Å². The smallest absolute Gasteiger partial charge is 0.247 e. The number of nitrogens with zero attached hydrogens (tertiary/aromatic N) is 4. The first kappa shape index (κ1) is 26.6. The summed E-state index contributed by atoms with van der Waals surface area (Å²) in [4.78, 5) is 10.4. The maximum Gasteiger partial charge on any atom is 0.247 e. The molecule has 0 saturated heterocycles. The molecule has 3 atom stereocenters. The van der Waals surface area contributed by atoms with Crippen molar-refractivity contribution in [1.82, 2.24) is 19.2 Å². The van der Waals surface area contributed by atoms with E-state index in [9.17, 15) is 13.5 Å². The minimum atomic E-state index is -3.86. The number of fused-ring (bicyclic) bond motifs is 1. The van der Waals surface area contributed by atoms with Gasteiger partial charge in [-0.1, -0.05) is 31.6 Å². The Bertz CT molecular complexity index is 1190. The number of sulfonamides is 1. The van der Waals surface area contributed by atoms with Gasteiger partial charge in [-0.2, -0.15) is 4.31 Å². The van der Waals surface area contributed by atoms with Gasteiger partial charge in [0.25, 0.3) is 0 Å². The number of aliphatic hydroxyl groups is 1. The Labute approximate surface area is 214 Å². The second-order valence-electron chi connectivity index (χ2n) is 10.1. The van der Waals surface area contributed by atoms with Gasteiger partial charge in [-0.3, -0.25) is 4.90 Å². The number of ether oxygens (including phenoxy) is 1. The number of benzene rings is 1. The summed E-state index contributed by atoms with van der Waals surface area (Å²) < 4.78 is 35.2. The maximum absolute atomic E-state index is 13.6. The normalized spacial score (nSPS) is 23.1. The first-order valence-electron chi connectivity index (χ1n) is 12.6. The molecule has 4 rings (SSSR count). The zero-order chi connectivity index (χ0) is 25.7. The SMILES string of the molecule is C[C@H]1CN([C@@H](C)CO)S(=O)(=O)c2ccc(C#CC3CCCC3)cc2O[C@@H]1CN(C)Cc1cncnc1. The van der Waals surface area contributed by atoms with E-state index in [1.807, 2.05) is 14.0 Å². The largest absolute Gasteiger partial charge is 0.487 e. The number of hydrogen-bond donors (Lipinski definition) is 1. The van der Waals surface area contributed by atoms with E-state index in [0.717, 1.165) is 24.0 Å². The molecule has 36 heavy (non-hydrogen) atoms. The predicted octanol–water partition coefficient (Wildman–Crippen LogP) is 2.92. The van der Waals surface area contributed by atoms with Crippen LogP contribution in [0.3, 0.4) is 0 Å². The number of likely N-dealkylation sites (N-methyl/N-ethyl adjacent to an activating group) is 1.